The molecule has 4 rings (SSSR count). The molecular weight excluding hydrogens is 458 g/mol. The van der Waals surface area contributed by atoms with Crippen LogP contribution in [0, 0.1) is 0 Å². The molecule has 0 aliphatic carbocycles. The fourth-order valence-corrected chi connectivity index (χ4v) is 6.15. The first-order valence-corrected chi connectivity index (χ1v) is 15.1. The molecule has 2 fully saturated rings. The van der Waals surface area contributed by atoms with Gasteiger partial charge in [0.2, 0.25) is 0 Å². The lowest BCUT2D eigenvalue weighted by atomic mass is 9.85. The summed E-state index contributed by atoms with van der Waals surface area (Å²) in [7, 11) is 0. The molecule has 0 radical (unpaired) electrons. The van der Waals surface area contributed by atoms with Crippen molar-refractivity contribution in [2.75, 3.05) is 6.61 Å². The molecule has 4 nitrogen and oxygen atoms in total. The third-order valence-corrected chi connectivity index (χ3v) is 8.31. The molecule has 2 aliphatic heterocycles. The minimum atomic E-state index is -0.637. The van der Waals surface area contributed by atoms with Crippen LogP contribution in [0.15, 0.2) is 60.7 Å². The van der Waals surface area contributed by atoms with E-state index in [4.69, 9.17) is 9.47 Å². The van der Waals surface area contributed by atoms with E-state index in [0.29, 0.717) is 19.4 Å². The third-order valence-electron chi connectivity index (χ3n) is 8.31. The zero-order chi connectivity index (χ0) is 25.8. The molecule has 3 atom stereocenters. The maximum atomic E-state index is 11.3. The Morgan fingerprint density at radius 3 is 1.65 bits per heavy atom. The highest BCUT2D eigenvalue weighted by molar-refractivity contribution is 5.25. The summed E-state index contributed by atoms with van der Waals surface area (Å²) in [5.74, 6) is -0.637. The highest BCUT2D eigenvalue weighted by Crippen LogP contribution is 2.49. The van der Waals surface area contributed by atoms with Gasteiger partial charge in [0.25, 0.3) is 0 Å². The summed E-state index contributed by atoms with van der Waals surface area (Å²) in [6.07, 6.45) is 18.9. The molecule has 1 N–H and O–H groups in total. The standard InChI is InChI=1S/C33H49NO3/c1-2-3-4-5-6-7-8-9-10-11-12-19-24-30-27-36-33(37-30)25-31(28-20-15-13-16-21-28)34(35)32(26-33)29-22-17-14-18-23-29/h13-18,20-23,30-32,35H,2-12,19,24-27H2,1H3. The van der Waals surface area contributed by atoms with E-state index in [1.807, 2.05) is 36.4 Å². The summed E-state index contributed by atoms with van der Waals surface area (Å²) in [6, 6.07) is 20.2. The second-order valence-corrected chi connectivity index (χ2v) is 11.3. The van der Waals surface area contributed by atoms with Crippen LogP contribution in [0.25, 0.3) is 0 Å². The van der Waals surface area contributed by atoms with E-state index in [-0.39, 0.29) is 18.2 Å². The maximum Gasteiger partial charge on any atom is 0.172 e. The Hall–Kier alpha value is -1.72. The van der Waals surface area contributed by atoms with Gasteiger partial charge < -0.3 is 14.7 Å². The summed E-state index contributed by atoms with van der Waals surface area (Å²) in [4.78, 5) is 0. The van der Waals surface area contributed by atoms with E-state index in [2.05, 4.69) is 31.2 Å². The molecule has 3 unspecified atom stereocenters. The summed E-state index contributed by atoms with van der Waals surface area (Å²) >= 11 is 0. The van der Waals surface area contributed by atoms with Gasteiger partial charge in [-0.05, 0) is 17.5 Å². The van der Waals surface area contributed by atoms with Crippen molar-refractivity contribution in [1.82, 2.24) is 5.06 Å². The van der Waals surface area contributed by atoms with Crippen LogP contribution in [0.1, 0.15) is 126 Å². The summed E-state index contributed by atoms with van der Waals surface area (Å²) < 4.78 is 13.1. The van der Waals surface area contributed by atoms with Gasteiger partial charge in [-0.3, -0.25) is 0 Å². The Balaban J connectivity index is 1.22. The Morgan fingerprint density at radius 2 is 1.16 bits per heavy atom. The number of hydrogen-bond acceptors (Lipinski definition) is 4. The Kier molecular flexibility index (Phi) is 11.5. The van der Waals surface area contributed by atoms with E-state index in [0.717, 1.165) is 17.5 Å². The smallest absolute Gasteiger partial charge is 0.172 e. The lowest BCUT2D eigenvalue weighted by Gasteiger charge is -2.46. The number of ether oxygens (including phenoxy) is 2. The fourth-order valence-electron chi connectivity index (χ4n) is 6.15. The van der Waals surface area contributed by atoms with Gasteiger partial charge in [-0.25, -0.2) is 0 Å². The Morgan fingerprint density at radius 1 is 0.703 bits per heavy atom. The topological polar surface area (TPSA) is 41.9 Å². The van der Waals surface area contributed by atoms with Crippen LogP contribution in [0.5, 0.6) is 0 Å². The van der Waals surface area contributed by atoms with Gasteiger partial charge in [0.05, 0.1) is 24.8 Å². The average molecular weight is 508 g/mol. The number of hydrogen-bond donors (Lipinski definition) is 1. The first-order valence-electron chi connectivity index (χ1n) is 15.1. The summed E-state index contributed by atoms with van der Waals surface area (Å²) in [5.41, 5.74) is 2.20. The first kappa shape index (κ1) is 28.3. The highest BCUT2D eigenvalue weighted by atomic mass is 16.7. The summed E-state index contributed by atoms with van der Waals surface area (Å²) in [5, 5.41) is 12.8. The highest BCUT2D eigenvalue weighted by Gasteiger charge is 2.51. The molecule has 2 aromatic carbocycles. The number of benzene rings is 2. The number of rotatable bonds is 15. The minimum Gasteiger partial charge on any atom is -0.347 e. The van der Waals surface area contributed by atoms with Crippen LogP contribution < -0.4 is 0 Å². The third kappa shape index (κ3) is 8.38. The van der Waals surface area contributed by atoms with Crippen LogP contribution in [0.3, 0.4) is 0 Å². The minimum absolute atomic E-state index is 0.154. The van der Waals surface area contributed by atoms with Crippen molar-refractivity contribution in [2.45, 2.75) is 127 Å². The number of unbranched alkanes of at least 4 members (excludes halogenated alkanes) is 11. The van der Waals surface area contributed by atoms with Crippen molar-refractivity contribution in [3.8, 4) is 0 Å². The largest absolute Gasteiger partial charge is 0.347 e. The maximum absolute atomic E-state index is 11.3. The lowest BCUT2D eigenvalue weighted by molar-refractivity contribution is -0.277. The fraction of sp³-hybridized carbons (Fsp3) is 0.636. The predicted octanol–water partition coefficient (Wildman–Crippen LogP) is 9.16. The van der Waals surface area contributed by atoms with Gasteiger partial charge in [0.1, 0.15) is 0 Å². The van der Waals surface area contributed by atoms with E-state index in [9.17, 15) is 5.21 Å². The molecule has 2 saturated heterocycles. The number of piperidine rings is 1. The van der Waals surface area contributed by atoms with Crippen molar-refractivity contribution in [1.29, 1.82) is 0 Å². The van der Waals surface area contributed by atoms with Gasteiger partial charge in [-0.1, -0.05) is 145 Å². The monoisotopic (exact) mass is 507 g/mol. The van der Waals surface area contributed by atoms with Crippen molar-refractivity contribution >= 4 is 0 Å². The van der Waals surface area contributed by atoms with Crippen LogP contribution in [0.2, 0.25) is 0 Å². The Labute approximate surface area is 225 Å². The normalized spacial score (nSPS) is 26.2. The van der Waals surface area contributed by atoms with Crippen LogP contribution in [-0.4, -0.2) is 28.8 Å². The van der Waals surface area contributed by atoms with Crippen molar-refractivity contribution in [3.05, 3.63) is 71.8 Å². The van der Waals surface area contributed by atoms with Gasteiger partial charge in [-0.2, -0.15) is 5.06 Å². The van der Waals surface area contributed by atoms with E-state index >= 15 is 0 Å². The number of nitrogens with zero attached hydrogens (tertiary/aromatic N) is 1. The van der Waals surface area contributed by atoms with Crippen LogP contribution in [-0.2, 0) is 9.47 Å². The quantitative estimate of drug-likeness (QED) is 0.244. The van der Waals surface area contributed by atoms with Gasteiger partial charge in [-0.15, -0.1) is 0 Å². The molecule has 1 spiro atoms. The molecule has 2 heterocycles. The van der Waals surface area contributed by atoms with E-state index < -0.39 is 5.79 Å². The van der Waals surface area contributed by atoms with E-state index in [1.54, 1.807) is 0 Å². The number of hydroxylamine groups is 2. The van der Waals surface area contributed by atoms with Crippen molar-refractivity contribution < 1.29 is 14.7 Å². The molecule has 0 aromatic heterocycles. The first-order chi connectivity index (χ1) is 18.2. The van der Waals surface area contributed by atoms with E-state index in [1.165, 1.54) is 82.1 Å². The van der Waals surface area contributed by atoms with Crippen molar-refractivity contribution in [2.24, 2.45) is 0 Å². The molecular formula is C33H49NO3. The second kappa shape index (κ2) is 15.0. The van der Waals surface area contributed by atoms with Crippen LogP contribution in [0.4, 0.5) is 0 Å². The second-order valence-electron chi connectivity index (χ2n) is 11.3. The molecule has 0 bridgehead atoms. The van der Waals surface area contributed by atoms with Gasteiger partial charge in [0.15, 0.2) is 5.79 Å². The SMILES string of the molecule is CCCCCCCCCCCCCCC1COC2(CC(c3ccccc3)N(O)C(c3ccccc3)C2)O1. The predicted molar refractivity (Wildman–Crippen MR) is 150 cm³/mol. The molecule has 2 aromatic rings. The average Bonchev–Trinajstić information content (AvgIpc) is 3.33. The Bertz CT molecular complexity index is 824. The zero-order valence-electron chi connectivity index (χ0n) is 23.0. The molecule has 4 heteroatoms. The molecule has 2 aliphatic rings. The molecule has 37 heavy (non-hydrogen) atoms. The van der Waals surface area contributed by atoms with Gasteiger partial charge in [0, 0.05) is 12.8 Å². The van der Waals surface area contributed by atoms with Crippen molar-refractivity contribution in [3.63, 3.8) is 0 Å². The van der Waals surface area contributed by atoms with Crippen LogP contribution >= 0.6 is 0 Å². The molecule has 204 valence electrons. The van der Waals surface area contributed by atoms with Gasteiger partial charge >= 0.3 is 0 Å². The lowest BCUT2D eigenvalue weighted by Crippen LogP contribution is -2.47. The summed E-state index contributed by atoms with van der Waals surface area (Å²) in [6.45, 7) is 2.94. The zero-order valence-corrected chi connectivity index (χ0v) is 23.0. The molecule has 0 saturated carbocycles. The molecule has 0 amide bonds.